The van der Waals surface area contributed by atoms with Gasteiger partial charge in [0.2, 0.25) is 5.82 Å². The fraction of sp³-hybridized carbons (Fsp3) is 0.432. The summed E-state index contributed by atoms with van der Waals surface area (Å²) in [6.45, 7) is 11.0. The zero-order chi connectivity index (χ0) is 32.9. The minimum Gasteiger partial charge on any atom is -0.481 e. The van der Waals surface area contributed by atoms with Gasteiger partial charge in [0.1, 0.15) is 0 Å². The van der Waals surface area contributed by atoms with E-state index in [1.807, 2.05) is 68.4 Å². The molecule has 8 nitrogen and oxygen atoms in total. The van der Waals surface area contributed by atoms with Gasteiger partial charge in [-0.2, -0.15) is 4.98 Å². The highest BCUT2D eigenvalue weighted by molar-refractivity contribution is 6.31. The van der Waals surface area contributed by atoms with E-state index in [-0.39, 0.29) is 6.61 Å². The van der Waals surface area contributed by atoms with Gasteiger partial charge in [0, 0.05) is 28.2 Å². The van der Waals surface area contributed by atoms with Crippen molar-refractivity contribution in [3.8, 4) is 22.8 Å². The second-order valence-corrected chi connectivity index (χ2v) is 14.2. The van der Waals surface area contributed by atoms with E-state index in [4.69, 9.17) is 31.6 Å². The number of aliphatic carboxylic acids is 1. The molecule has 0 unspecified atom stereocenters. The molecule has 0 atom stereocenters. The highest BCUT2D eigenvalue weighted by atomic mass is 35.5. The number of aromatic nitrogens is 2. The van der Waals surface area contributed by atoms with Gasteiger partial charge in [-0.15, -0.1) is 0 Å². The van der Waals surface area contributed by atoms with Crippen molar-refractivity contribution in [1.82, 2.24) is 15.0 Å². The van der Waals surface area contributed by atoms with Crippen LogP contribution in [0.25, 0.3) is 22.8 Å². The van der Waals surface area contributed by atoms with E-state index in [1.54, 1.807) is 0 Å². The van der Waals surface area contributed by atoms with E-state index in [1.165, 1.54) is 0 Å². The van der Waals surface area contributed by atoms with Crippen LogP contribution in [0.2, 0.25) is 5.02 Å². The zero-order valence-corrected chi connectivity index (χ0v) is 28.0. The molecule has 3 aromatic carbocycles. The number of carboxylic acids is 1. The predicted molar refractivity (Wildman–Crippen MR) is 181 cm³/mol. The summed E-state index contributed by atoms with van der Waals surface area (Å²) in [6.07, 6.45) is 2.59. The summed E-state index contributed by atoms with van der Waals surface area (Å²) >= 11 is 6.58. The highest BCUT2D eigenvalue weighted by Crippen LogP contribution is 2.34. The zero-order valence-electron chi connectivity index (χ0n) is 27.3. The van der Waals surface area contributed by atoms with E-state index >= 15 is 0 Å². The molecular formula is C37H45ClN4O4. The summed E-state index contributed by atoms with van der Waals surface area (Å²) in [6, 6.07) is 22.0. The SMILES string of the molecule is CC(C)Cc1ccc(-c2nc(-c3ccc(CN4CCC(COCc5ccccc5)(C(=O)O)CC4)cc3CC(C)(C)N)no2)cc1Cl. The number of piperidine rings is 1. The van der Waals surface area contributed by atoms with E-state index in [2.05, 4.69) is 36.0 Å². The van der Waals surface area contributed by atoms with Gasteiger partial charge in [-0.1, -0.05) is 85.2 Å². The smallest absolute Gasteiger partial charge is 0.312 e. The summed E-state index contributed by atoms with van der Waals surface area (Å²) in [7, 11) is 0. The molecule has 1 saturated heterocycles. The third kappa shape index (κ3) is 8.62. The first-order valence-electron chi connectivity index (χ1n) is 16.0. The molecule has 2 heterocycles. The van der Waals surface area contributed by atoms with E-state index in [0.717, 1.165) is 39.8 Å². The molecule has 9 heteroatoms. The van der Waals surface area contributed by atoms with Crippen molar-refractivity contribution in [1.29, 1.82) is 0 Å². The van der Waals surface area contributed by atoms with Crippen molar-refractivity contribution in [2.24, 2.45) is 17.1 Å². The molecule has 1 fully saturated rings. The maximum atomic E-state index is 12.4. The first-order chi connectivity index (χ1) is 21.9. The third-order valence-corrected chi connectivity index (χ3v) is 8.93. The number of hydrogen-bond donors (Lipinski definition) is 2. The number of carboxylic acid groups (broad SMARTS) is 1. The van der Waals surface area contributed by atoms with Gasteiger partial charge in [-0.05, 0) is 92.9 Å². The average molecular weight is 645 g/mol. The molecule has 1 aliphatic rings. The van der Waals surface area contributed by atoms with Crippen molar-refractivity contribution >= 4 is 17.6 Å². The van der Waals surface area contributed by atoms with Gasteiger partial charge >= 0.3 is 5.97 Å². The molecule has 1 aromatic heterocycles. The number of carbonyl (C=O) groups is 1. The lowest BCUT2D eigenvalue weighted by Gasteiger charge is -2.38. The summed E-state index contributed by atoms with van der Waals surface area (Å²) in [5, 5.41) is 15.2. The van der Waals surface area contributed by atoms with Gasteiger partial charge in [0.25, 0.3) is 5.89 Å². The lowest BCUT2D eigenvalue weighted by Crippen LogP contribution is -2.46. The molecule has 0 radical (unpaired) electrons. The molecule has 0 bridgehead atoms. The maximum absolute atomic E-state index is 12.4. The van der Waals surface area contributed by atoms with Crippen LogP contribution in [0, 0.1) is 11.3 Å². The first-order valence-corrected chi connectivity index (χ1v) is 16.4. The molecule has 46 heavy (non-hydrogen) atoms. The number of nitrogens with zero attached hydrogens (tertiary/aromatic N) is 3. The van der Waals surface area contributed by atoms with Crippen LogP contribution in [0.3, 0.4) is 0 Å². The minimum atomic E-state index is -0.876. The number of ether oxygens (including phenoxy) is 1. The standard InChI is InChI=1S/C37H45ClN4O4/c1-25(2)18-28-11-12-29(20-32(28)38)34-40-33(41-46-34)31-13-10-27(19-30(31)21-36(3,4)39)22-42-16-14-37(15-17-42,35(43)44)24-45-23-26-8-6-5-7-9-26/h5-13,19-20,25H,14-18,21-24,39H2,1-4H3,(H,43,44). The van der Waals surface area contributed by atoms with E-state index in [0.29, 0.717) is 68.2 Å². The topological polar surface area (TPSA) is 115 Å². The molecule has 0 aliphatic carbocycles. The quantitative estimate of drug-likeness (QED) is 0.155. The van der Waals surface area contributed by atoms with Crippen LogP contribution in [0.1, 0.15) is 62.8 Å². The Bertz CT molecular complexity index is 1620. The average Bonchev–Trinajstić information content (AvgIpc) is 3.49. The highest BCUT2D eigenvalue weighted by Gasteiger charge is 2.42. The number of likely N-dealkylation sites (tertiary alicyclic amines) is 1. The summed E-state index contributed by atoms with van der Waals surface area (Å²) in [5.41, 5.74) is 11.1. The number of halogens is 1. The monoisotopic (exact) mass is 644 g/mol. The Morgan fingerprint density at radius 3 is 2.46 bits per heavy atom. The molecule has 0 amide bonds. The Morgan fingerprint density at radius 2 is 1.80 bits per heavy atom. The molecule has 244 valence electrons. The molecular weight excluding hydrogens is 600 g/mol. The van der Waals surface area contributed by atoms with Crippen LogP contribution >= 0.6 is 11.6 Å². The predicted octanol–water partition coefficient (Wildman–Crippen LogP) is 7.42. The Kier molecular flexibility index (Phi) is 10.6. The molecule has 1 aliphatic heterocycles. The van der Waals surface area contributed by atoms with Gasteiger partial charge in [-0.3, -0.25) is 9.69 Å². The summed E-state index contributed by atoms with van der Waals surface area (Å²) in [5.74, 6) is 0.635. The van der Waals surface area contributed by atoms with Crippen LogP contribution in [0.15, 0.2) is 71.3 Å². The van der Waals surface area contributed by atoms with Gasteiger partial charge in [0.15, 0.2) is 0 Å². The molecule has 0 spiro atoms. The molecule has 5 rings (SSSR count). The lowest BCUT2D eigenvalue weighted by molar-refractivity contribution is -0.157. The van der Waals surface area contributed by atoms with Crippen LogP contribution in [0.4, 0.5) is 0 Å². The third-order valence-electron chi connectivity index (χ3n) is 8.57. The number of nitrogens with two attached hydrogens (primary N) is 1. The first kappa shape index (κ1) is 33.8. The largest absolute Gasteiger partial charge is 0.481 e. The van der Waals surface area contributed by atoms with Crippen molar-refractivity contribution in [3.63, 3.8) is 0 Å². The normalized spacial score (nSPS) is 15.4. The Labute approximate surface area is 276 Å². The second kappa shape index (κ2) is 14.5. The van der Waals surface area contributed by atoms with E-state index in [9.17, 15) is 9.90 Å². The fourth-order valence-corrected chi connectivity index (χ4v) is 6.35. The Morgan fingerprint density at radius 1 is 1.07 bits per heavy atom. The van der Waals surface area contributed by atoms with Gasteiger partial charge < -0.3 is 20.1 Å². The minimum absolute atomic E-state index is 0.205. The molecule has 3 N–H and O–H groups in total. The Balaban J connectivity index is 1.28. The molecule has 0 saturated carbocycles. The lowest BCUT2D eigenvalue weighted by atomic mass is 9.79. The number of rotatable bonds is 13. The van der Waals surface area contributed by atoms with Crippen molar-refractivity contribution in [2.75, 3.05) is 19.7 Å². The van der Waals surface area contributed by atoms with Crippen LogP contribution in [-0.2, 0) is 35.5 Å². The Hall–Kier alpha value is -3.56. The fourth-order valence-electron chi connectivity index (χ4n) is 6.09. The molecule has 4 aromatic rings. The van der Waals surface area contributed by atoms with Crippen LogP contribution in [0.5, 0.6) is 0 Å². The summed E-state index contributed by atoms with van der Waals surface area (Å²) < 4.78 is 11.6. The van der Waals surface area contributed by atoms with Crippen LogP contribution < -0.4 is 5.73 Å². The van der Waals surface area contributed by atoms with Crippen molar-refractivity contribution in [3.05, 3.63) is 94.0 Å². The van der Waals surface area contributed by atoms with Crippen molar-refractivity contribution in [2.45, 2.75) is 72.1 Å². The van der Waals surface area contributed by atoms with Crippen molar-refractivity contribution < 1.29 is 19.2 Å². The number of hydrogen-bond acceptors (Lipinski definition) is 7. The van der Waals surface area contributed by atoms with E-state index < -0.39 is 16.9 Å². The van der Waals surface area contributed by atoms with Gasteiger partial charge in [-0.25, -0.2) is 0 Å². The maximum Gasteiger partial charge on any atom is 0.312 e. The van der Waals surface area contributed by atoms with Gasteiger partial charge in [0.05, 0.1) is 18.6 Å². The number of benzene rings is 3. The van der Waals surface area contributed by atoms with Crippen LogP contribution in [-0.4, -0.2) is 51.4 Å². The summed E-state index contributed by atoms with van der Waals surface area (Å²) in [4.78, 5) is 19.4. The second-order valence-electron chi connectivity index (χ2n) is 13.8.